The monoisotopic (exact) mass is 459 g/mol. The lowest BCUT2D eigenvalue weighted by atomic mass is 10.0. The van der Waals surface area contributed by atoms with Crippen LogP contribution in [0, 0.1) is 13.8 Å². The molecule has 0 bridgehead atoms. The van der Waals surface area contributed by atoms with E-state index in [1.54, 1.807) is 13.2 Å². The molecule has 0 aliphatic heterocycles. The summed E-state index contributed by atoms with van der Waals surface area (Å²) < 4.78 is 13.3. The van der Waals surface area contributed by atoms with Gasteiger partial charge >= 0.3 is 0 Å². The van der Waals surface area contributed by atoms with E-state index < -0.39 is 0 Å². The molecule has 1 heterocycles. The van der Waals surface area contributed by atoms with E-state index in [-0.39, 0.29) is 17.6 Å². The quantitative estimate of drug-likeness (QED) is 0.302. The number of thioether (sulfide) groups is 1. The van der Waals surface area contributed by atoms with Crippen LogP contribution in [0.25, 0.3) is 0 Å². The van der Waals surface area contributed by atoms with Crippen molar-refractivity contribution in [1.82, 2.24) is 14.8 Å². The molecule has 3 rings (SSSR count). The number of rotatable bonds is 9. The summed E-state index contributed by atoms with van der Waals surface area (Å²) in [6, 6.07) is 11.1. The van der Waals surface area contributed by atoms with Gasteiger partial charge in [-0.25, -0.2) is 0 Å². The fourth-order valence-corrected chi connectivity index (χ4v) is 4.38. The fourth-order valence-electron chi connectivity index (χ4n) is 3.31. The number of para-hydroxylation sites is 1. The molecule has 0 saturated heterocycles. The van der Waals surface area contributed by atoms with Crippen molar-refractivity contribution in [3.8, 4) is 11.5 Å². The molecule has 0 fully saturated rings. The second-order valence-corrected chi connectivity index (χ2v) is 8.47. The average Bonchev–Trinajstić information content (AvgIpc) is 3.18. The molecule has 0 spiro atoms. The summed E-state index contributed by atoms with van der Waals surface area (Å²) in [7, 11) is 1.63. The highest BCUT2D eigenvalue weighted by molar-refractivity contribution is 7.99. The summed E-state index contributed by atoms with van der Waals surface area (Å²) in [5.74, 6) is 2.38. The molecule has 31 heavy (non-hydrogen) atoms. The zero-order valence-electron chi connectivity index (χ0n) is 18.3. The van der Waals surface area contributed by atoms with Crippen molar-refractivity contribution in [2.24, 2.45) is 0 Å². The number of Topliss-reactive ketones (excluding diaryl/α,β-unsaturated/α-hetero) is 1. The van der Waals surface area contributed by atoms with Gasteiger partial charge in [0.25, 0.3) is 0 Å². The van der Waals surface area contributed by atoms with Gasteiger partial charge in [-0.15, -0.1) is 10.2 Å². The van der Waals surface area contributed by atoms with Crippen LogP contribution in [0.5, 0.6) is 11.5 Å². The maximum Gasteiger partial charge on any atom is 0.191 e. The molecule has 0 aliphatic carbocycles. The van der Waals surface area contributed by atoms with Crippen LogP contribution in [0.15, 0.2) is 41.6 Å². The van der Waals surface area contributed by atoms with E-state index in [1.807, 2.05) is 62.6 Å². The van der Waals surface area contributed by atoms with Crippen LogP contribution >= 0.6 is 23.4 Å². The Hall–Kier alpha value is -2.51. The molecular formula is C23H26ClN3O3S. The molecule has 164 valence electrons. The maximum absolute atomic E-state index is 12.9. The molecular weight excluding hydrogens is 434 g/mol. The van der Waals surface area contributed by atoms with Gasteiger partial charge in [-0.3, -0.25) is 4.79 Å². The highest BCUT2D eigenvalue weighted by atomic mass is 35.5. The third-order valence-electron chi connectivity index (χ3n) is 4.94. The lowest BCUT2D eigenvalue weighted by molar-refractivity contribution is 0.102. The van der Waals surface area contributed by atoms with E-state index in [9.17, 15) is 4.79 Å². The van der Waals surface area contributed by atoms with Crippen LogP contribution in [0.3, 0.4) is 0 Å². The number of carbonyl (C=O) groups excluding carboxylic acids is 1. The first-order valence-corrected chi connectivity index (χ1v) is 11.4. The first kappa shape index (κ1) is 23.2. The maximum atomic E-state index is 12.9. The summed E-state index contributed by atoms with van der Waals surface area (Å²) in [5.41, 5.74) is 2.53. The average molecular weight is 460 g/mol. The van der Waals surface area contributed by atoms with E-state index in [0.717, 1.165) is 16.9 Å². The second kappa shape index (κ2) is 10.2. The highest BCUT2D eigenvalue weighted by Gasteiger charge is 2.21. The summed E-state index contributed by atoms with van der Waals surface area (Å²) >= 11 is 7.58. The van der Waals surface area contributed by atoms with Gasteiger partial charge in [-0.1, -0.05) is 35.5 Å². The second-order valence-electron chi connectivity index (χ2n) is 7.12. The molecule has 2 aromatic carbocycles. The number of hydrogen-bond acceptors (Lipinski definition) is 6. The Morgan fingerprint density at radius 1 is 1.16 bits per heavy atom. The van der Waals surface area contributed by atoms with Gasteiger partial charge in [0, 0.05) is 12.1 Å². The number of methoxy groups -OCH3 is 1. The normalized spacial score (nSPS) is 11.9. The number of carbonyl (C=O) groups is 1. The Morgan fingerprint density at radius 2 is 1.90 bits per heavy atom. The molecule has 0 saturated carbocycles. The van der Waals surface area contributed by atoms with Gasteiger partial charge in [0.15, 0.2) is 22.9 Å². The smallest absolute Gasteiger partial charge is 0.191 e. The van der Waals surface area contributed by atoms with Crippen molar-refractivity contribution in [2.75, 3.05) is 12.9 Å². The standard InChI is InChI=1S/C23H26ClN3O3S/c1-6-27-22(16(4)30-20-10-8-7-9-18(20)24)25-26-23(27)31-13-19(28)17-11-15(3)21(29-5)12-14(17)2/h7-12,16H,6,13H2,1-5H3. The van der Waals surface area contributed by atoms with Crippen molar-refractivity contribution in [1.29, 1.82) is 0 Å². The van der Waals surface area contributed by atoms with Crippen LogP contribution in [-0.4, -0.2) is 33.4 Å². The Bertz CT molecular complexity index is 1080. The number of halogens is 1. The fraction of sp³-hybridized carbons (Fsp3) is 0.348. The number of aromatic nitrogens is 3. The summed E-state index contributed by atoms with van der Waals surface area (Å²) in [6.07, 6.45) is -0.344. The van der Waals surface area contributed by atoms with Gasteiger partial charge in [-0.2, -0.15) is 0 Å². The number of benzene rings is 2. The van der Waals surface area contributed by atoms with E-state index in [1.165, 1.54) is 11.8 Å². The summed E-state index contributed by atoms with van der Waals surface area (Å²) in [4.78, 5) is 12.9. The number of hydrogen-bond donors (Lipinski definition) is 0. The topological polar surface area (TPSA) is 66.2 Å². The molecule has 0 amide bonds. The molecule has 0 N–H and O–H groups in total. The number of ether oxygens (including phenoxy) is 2. The van der Waals surface area contributed by atoms with Gasteiger partial charge in [0.1, 0.15) is 11.5 Å². The summed E-state index contributed by atoms with van der Waals surface area (Å²) in [6.45, 7) is 8.43. The molecule has 0 radical (unpaired) electrons. The van der Waals surface area contributed by atoms with E-state index in [4.69, 9.17) is 21.1 Å². The van der Waals surface area contributed by atoms with Gasteiger partial charge in [0.05, 0.1) is 17.9 Å². The van der Waals surface area contributed by atoms with Gasteiger partial charge < -0.3 is 14.0 Å². The SMILES string of the molecule is CCn1c(SCC(=O)c2cc(C)c(OC)cc2C)nnc1C(C)Oc1ccccc1Cl. The van der Waals surface area contributed by atoms with Crippen molar-refractivity contribution in [2.45, 2.75) is 45.5 Å². The number of nitrogens with zero attached hydrogens (tertiary/aromatic N) is 3. The third kappa shape index (κ3) is 5.22. The number of aryl methyl sites for hydroxylation is 2. The van der Waals surface area contributed by atoms with E-state index in [0.29, 0.717) is 33.9 Å². The van der Waals surface area contributed by atoms with Crippen LogP contribution in [0.1, 0.15) is 47.3 Å². The van der Waals surface area contributed by atoms with E-state index in [2.05, 4.69) is 10.2 Å². The molecule has 8 heteroatoms. The molecule has 6 nitrogen and oxygen atoms in total. The van der Waals surface area contributed by atoms with Crippen molar-refractivity contribution in [3.05, 3.63) is 63.9 Å². The van der Waals surface area contributed by atoms with Crippen molar-refractivity contribution < 1.29 is 14.3 Å². The Morgan fingerprint density at radius 3 is 2.58 bits per heavy atom. The lowest BCUT2D eigenvalue weighted by Crippen LogP contribution is -2.12. The lowest BCUT2D eigenvalue weighted by Gasteiger charge is -2.16. The first-order chi connectivity index (χ1) is 14.8. The minimum atomic E-state index is -0.344. The predicted octanol–water partition coefficient (Wildman–Crippen LogP) is 5.69. The van der Waals surface area contributed by atoms with Crippen molar-refractivity contribution in [3.63, 3.8) is 0 Å². The predicted molar refractivity (Wildman–Crippen MR) is 124 cm³/mol. The highest BCUT2D eigenvalue weighted by Crippen LogP contribution is 2.30. The van der Waals surface area contributed by atoms with Crippen LogP contribution < -0.4 is 9.47 Å². The van der Waals surface area contributed by atoms with E-state index >= 15 is 0 Å². The van der Waals surface area contributed by atoms with Crippen LogP contribution in [0.4, 0.5) is 0 Å². The summed E-state index contributed by atoms with van der Waals surface area (Å²) in [5, 5.41) is 9.84. The largest absolute Gasteiger partial charge is 0.496 e. The molecule has 3 aromatic rings. The third-order valence-corrected chi connectivity index (χ3v) is 6.22. The Labute approximate surface area is 191 Å². The Kier molecular flexibility index (Phi) is 7.62. The minimum absolute atomic E-state index is 0.0424. The zero-order chi connectivity index (χ0) is 22.5. The van der Waals surface area contributed by atoms with Crippen molar-refractivity contribution >= 4 is 29.1 Å². The minimum Gasteiger partial charge on any atom is -0.496 e. The molecule has 1 aromatic heterocycles. The van der Waals surface area contributed by atoms with Crippen LogP contribution in [-0.2, 0) is 6.54 Å². The van der Waals surface area contributed by atoms with Gasteiger partial charge in [-0.05, 0) is 63.1 Å². The molecule has 0 aliphatic rings. The Balaban J connectivity index is 1.73. The number of ketones is 1. The zero-order valence-corrected chi connectivity index (χ0v) is 19.9. The molecule has 1 atom stereocenters. The first-order valence-electron chi connectivity index (χ1n) is 10.0. The van der Waals surface area contributed by atoms with Gasteiger partial charge in [0.2, 0.25) is 0 Å². The molecule has 1 unspecified atom stereocenters. The van der Waals surface area contributed by atoms with Crippen LogP contribution in [0.2, 0.25) is 5.02 Å².